The van der Waals surface area contributed by atoms with Gasteiger partial charge in [-0.3, -0.25) is 4.79 Å². The highest BCUT2D eigenvalue weighted by Crippen LogP contribution is 2.33. The first kappa shape index (κ1) is 12.9. The number of rotatable bonds is 3. The smallest absolute Gasteiger partial charge is 0.174 e. The molecule has 0 bridgehead atoms. The van der Waals surface area contributed by atoms with Gasteiger partial charge in [0, 0.05) is 12.5 Å². The van der Waals surface area contributed by atoms with Crippen LogP contribution in [-0.2, 0) is 15.1 Å². The zero-order valence-corrected chi connectivity index (χ0v) is 10.7. The molecule has 0 amide bonds. The quantitative estimate of drug-likeness (QED) is 0.782. The van der Waals surface area contributed by atoms with Gasteiger partial charge in [-0.1, -0.05) is 51.1 Å². The maximum absolute atomic E-state index is 12.4. The molecule has 0 unspecified atom stereocenters. The first-order chi connectivity index (χ1) is 7.32. The molecule has 0 aliphatic rings. The minimum Gasteiger partial charge on any atom is -0.366 e. The van der Waals surface area contributed by atoms with Crippen LogP contribution in [0.5, 0.6) is 0 Å². The first-order valence-electron chi connectivity index (χ1n) is 5.48. The van der Waals surface area contributed by atoms with Crippen LogP contribution in [0.1, 0.15) is 33.3 Å². The SMILES string of the molecule is CO[C@@](C)(C(=O)C(C)(C)C)c1ccccc1. The normalized spacial score (nSPS) is 15.6. The van der Waals surface area contributed by atoms with Gasteiger partial charge < -0.3 is 4.74 Å². The van der Waals surface area contributed by atoms with Gasteiger partial charge in [0.05, 0.1) is 0 Å². The van der Waals surface area contributed by atoms with Crippen LogP contribution in [0, 0.1) is 5.41 Å². The molecule has 0 aromatic heterocycles. The number of benzene rings is 1. The summed E-state index contributed by atoms with van der Waals surface area (Å²) in [5.41, 5.74) is -0.377. The second-order valence-corrected chi connectivity index (χ2v) is 5.18. The Kier molecular flexibility index (Phi) is 3.54. The Hall–Kier alpha value is -1.15. The zero-order valence-electron chi connectivity index (χ0n) is 10.7. The van der Waals surface area contributed by atoms with Crippen LogP contribution in [0.2, 0.25) is 0 Å². The van der Waals surface area contributed by atoms with Crippen molar-refractivity contribution in [2.75, 3.05) is 7.11 Å². The highest BCUT2D eigenvalue weighted by molar-refractivity contribution is 5.92. The summed E-state index contributed by atoms with van der Waals surface area (Å²) in [4.78, 5) is 12.4. The van der Waals surface area contributed by atoms with Gasteiger partial charge in [0.1, 0.15) is 5.60 Å². The van der Waals surface area contributed by atoms with Crippen molar-refractivity contribution < 1.29 is 9.53 Å². The van der Waals surface area contributed by atoms with E-state index < -0.39 is 11.0 Å². The Morgan fingerprint density at radius 3 is 1.94 bits per heavy atom. The minimum absolute atomic E-state index is 0.0914. The Morgan fingerprint density at radius 1 is 1.06 bits per heavy atom. The summed E-state index contributed by atoms with van der Waals surface area (Å²) in [6.45, 7) is 7.57. The van der Waals surface area contributed by atoms with Gasteiger partial charge >= 0.3 is 0 Å². The lowest BCUT2D eigenvalue weighted by molar-refractivity contribution is -0.148. The summed E-state index contributed by atoms with van der Waals surface area (Å²) >= 11 is 0. The number of hydrogen-bond acceptors (Lipinski definition) is 2. The molecule has 2 heteroatoms. The van der Waals surface area contributed by atoms with Gasteiger partial charge in [-0.05, 0) is 12.5 Å². The van der Waals surface area contributed by atoms with Crippen molar-refractivity contribution in [2.24, 2.45) is 5.41 Å². The predicted octanol–water partition coefficient (Wildman–Crippen LogP) is 3.16. The van der Waals surface area contributed by atoms with E-state index in [9.17, 15) is 4.79 Å². The van der Waals surface area contributed by atoms with E-state index in [1.54, 1.807) is 7.11 Å². The molecule has 2 nitrogen and oxygen atoms in total. The summed E-state index contributed by atoms with van der Waals surface area (Å²) in [7, 11) is 1.58. The fourth-order valence-corrected chi connectivity index (χ4v) is 1.81. The molecule has 0 N–H and O–H groups in total. The fraction of sp³-hybridized carbons (Fsp3) is 0.500. The summed E-state index contributed by atoms with van der Waals surface area (Å²) in [6, 6.07) is 9.62. The Balaban J connectivity index is 3.18. The third kappa shape index (κ3) is 2.33. The number of ether oxygens (including phenoxy) is 1. The third-order valence-corrected chi connectivity index (χ3v) is 2.85. The average Bonchev–Trinajstić information content (AvgIpc) is 2.27. The van der Waals surface area contributed by atoms with E-state index in [2.05, 4.69) is 0 Å². The minimum atomic E-state index is -0.862. The molecule has 16 heavy (non-hydrogen) atoms. The molecule has 0 spiro atoms. The Bertz CT molecular complexity index is 362. The van der Waals surface area contributed by atoms with Crippen LogP contribution in [0.15, 0.2) is 30.3 Å². The number of hydrogen-bond donors (Lipinski definition) is 0. The number of methoxy groups -OCH3 is 1. The zero-order chi connectivity index (χ0) is 12.4. The highest BCUT2D eigenvalue weighted by Gasteiger charge is 2.41. The Labute approximate surface area is 97.6 Å². The second-order valence-electron chi connectivity index (χ2n) is 5.18. The van der Waals surface area contributed by atoms with Crippen LogP contribution in [-0.4, -0.2) is 12.9 Å². The molecular formula is C14H20O2. The molecule has 0 saturated heterocycles. The maximum atomic E-state index is 12.4. The van der Waals surface area contributed by atoms with E-state index in [1.165, 1.54) is 0 Å². The van der Waals surface area contributed by atoms with E-state index in [1.807, 2.05) is 58.0 Å². The van der Waals surface area contributed by atoms with Gasteiger partial charge in [-0.15, -0.1) is 0 Å². The van der Waals surface area contributed by atoms with Crippen molar-refractivity contribution in [3.63, 3.8) is 0 Å². The lowest BCUT2D eigenvalue weighted by Gasteiger charge is -2.33. The van der Waals surface area contributed by atoms with Crippen LogP contribution in [0.3, 0.4) is 0 Å². The monoisotopic (exact) mass is 220 g/mol. The van der Waals surface area contributed by atoms with Crippen molar-refractivity contribution in [3.05, 3.63) is 35.9 Å². The summed E-state index contributed by atoms with van der Waals surface area (Å²) in [6.07, 6.45) is 0. The first-order valence-corrected chi connectivity index (χ1v) is 5.48. The maximum Gasteiger partial charge on any atom is 0.174 e. The lowest BCUT2D eigenvalue weighted by Crippen LogP contribution is -2.42. The number of ketones is 1. The van der Waals surface area contributed by atoms with Crippen molar-refractivity contribution in [1.29, 1.82) is 0 Å². The summed E-state index contributed by atoms with van der Waals surface area (Å²) in [5.74, 6) is 0.0914. The van der Waals surface area contributed by atoms with Crippen molar-refractivity contribution >= 4 is 5.78 Å². The topological polar surface area (TPSA) is 26.3 Å². The van der Waals surface area contributed by atoms with Crippen LogP contribution < -0.4 is 0 Å². The largest absolute Gasteiger partial charge is 0.366 e. The van der Waals surface area contributed by atoms with E-state index in [0.29, 0.717) is 0 Å². The number of carbonyl (C=O) groups excluding carboxylic acids is 1. The van der Waals surface area contributed by atoms with Crippen LogP contribution >= 0.6 is 0 Å². The molecule has 0 aliphatic carbocycles. The molecule has 1 atom stereocenters. The molecule has 0 saturated carbocycles. The van der Waals surface area contributed by atoms with Gasteiger partial charge in [-0.2, -0.15) is 0 Å². The Morgan fingerprint density at radius 2 is 1.56 bits per heavy atom. The number of Topliss-reactive ketones (excluding diaryl/α,β-unsaturated/α-hetero) is 1. The van der Waals surface area contributed by atoms with E-state index in [-0.39, 0.29) is 5.78 Å². The van der Waals surface area contributed by atoms with Gasteiger partial charge in [0.15, 0.2) is 5.78 Å². The van der Waals surface area contributed by atoms with Crippen molar-refractivity contribution in [1.82, 2.24) is 0 Å². The van der Waals surface area contributed by atoms with E-state index in [4.69, 9.17) is 4.74 Å². The second kappa shape index (κ2) is 4.38. The molecule has 1 rings (SSSR count). The molecule has 0 heterocycles. The molecule has 0 radical (unpaired) electrons. The van der Waals surface area contributed by atoms with Gasteiger partial charge in [0.25, 0.3) is 0 Å². The summed E-state index contributed by atoms with van der Waals surface area (Å²) in [5, 5.41) is 0. The molecular weight excluding hydrogens is 200 g/mol. The van der Waals surface area contributed by atoms with Crippen molar-refractivity contribution in [2.45, 2.75) is 33.3 Å². The average molecular weight is 220 g/mol. The molecule has 88 valence electrons. The molecule has 1 aromatic carbocycles. The van der Waals surface area contributed by atoms with E-state index in [0.717, 1.165) is 5.56 Å². The predicted molar refractivity (Wildman–Crippen MR) is 65.3 cm³/mol. The van der Waals surface area contributed by atoms with Gasteiger partial charge in [0.2, 0.25) is 0 Å². The van der Waals surface area contributed by atoms with Crippen LogP contribution in [0.25, 0.3) is 0 Å². The lowest BCUT2D eigenvalue weighted by atomic mass is 9.77. The van der Waals surface area contributed by atoms with E-state index >= 15 is 0 Å². The standard InChI is InChI=1S/C14H20O2/c1-13(2,3)12(15)14(4,16-5)11-9-7-6-8-10-11/h6-10H,1-5H3/t14-/m1/s1. The molecule has 1 aromatic rings. The summed E-state index contributed by atoms with van der Waals surface area (Å²) < 4.78 is 5.46. The third-order valence-electron chi connectivity index (χ3n) is 2.85. The van der Waals surface area contributed by atoms with Crippen molar-refractivity contribution in [3.8, 4) is 0 Å². The molecule has 0 aliphatic heterocycles. The highest BCUT2D eigenvalue weighted by atomic mass is 16.5. The molecule has 0 fully saturated rings. The van der Waals surface area contributed by atoms with Crippen LogP contribution in [0.4, 0.5) is 0 Å². The fourth-order valence-electron chi connectivity index (χ4n) is 1.81. The number of carbonyl (C=O) groups is 1. The van der Waals surface area contributed by atoms with Gasteiger partial charge in [-0.25, -0.2) is 0 Å².